The van der Waals surface area contributed by atoms with Gasteiger partial charge in [0.05, 0.1) is 6.42 Å². The normalized spacial score (nSPS) is 16.6. The van der Waals surface area contributed by atoms with Gasteiger partial charge in [-0.25, -0.2) is 0 Å². The van der Waals surface area contributed by atoms with Crippen molar-refractivity contribution in [1.82, 2.24) is 4.90 Å². The number of rotatable bonds is 5. The van der Waals surface area contributed by atoms with Crippen molar-refractivity contribution in [2.45, 2.75) is 38.1 Å². The van der Waals surface area contributed by atoms with Crippen LogP contribution in [0.15, 0.2) is 12.1 Å². The van der Waals surface area contributed by atoms with Gasteiger partial charge in [-0.15, -0.1) is 0 Å². The first kappa shape index (κ1) is 13.9. The van der Waals surface area contributed by atoms with Crippen LogP contribution in [0, 0.1) is 6.92 Å². The lowest BCUT2D eigenvalue weighted by Crippen LogP contribution is -2.17. The maximum Gasteiger partial charge on any atom is 0.304 e. The van der Waals surface area contributed by atoms with Gasteiger partial charge >= 0.3 is 5.97 Å². The third-order valence-corrected chi connectivity index (χ3v) is 3.96. The number of aliphatic carboxylic acids is 1. The topological polar surface area (TPSA) is 60.8 Å². The zero-order valence-corrected chi connectivity index (χ0v) is 11.7. The summed E-state index contributed by atoms with van der Waals surface area (Å²) < 4.78 is 0. The predicted octanol–water partition coefficient (Wildman–Crippen LogP) is 2.27. The summed E-state index contributed by atoms with van der Waals surface area (Å²) in [4.78, 5) is 13.0. The summed E-state index contributed by atoms with van der Waals surface area (Å²) in [5.74, 6) is -0.458. The molecule has 1 saturated carbocycles. The van der Waals surface area contributed by atoms with E-state index < -0.39 is 5.97 Å². The SMILES string of the molecule is Cc1c(C2(CC(=O)O)CC2)ccc(O)c1CN(C)C. The Morgan fingerprint density at radius 3 is 2.47 bits per heavy atom. The average Bonchev–Trinajstić information content (AvgIpc) is 3.03. The fourth-order valence-electron chi connectivity index (χ4n) is 2.81. The number of aromatic hydroxyl groups is 1. The summed E-state index contributed by atoms with van der Waals surface area (Å²) in [5.41, 5.74) is 2.82. The molecule has 1 aromatic carbocycles. The van der Waals surface area contributed by atoms with Crippen molar-refractivity contribution in [3.63, 3.8) is 0 Å². The van der Waals surface area contributed by atoms with E-state index in [4.69, 9.17) is 5.11 Å². The Morgan fingerprint density at radius 2 is 2.00 bits per heavy atom. The van der Waals surface area contributed by atoms with Gasteiger partial charge in [0.15, 0.2) is 0 Å². The van der Waals surface area contributed by atoms with Crippen LogP contribution in [0.3, 0.4) is 0 Å². The predicted molar refractivity (Wildman–Crippen MR) is 73.4 cm³/mol. The Kier molecular flexibility index (Phi) is 3.54. The molecule has 0 aromatic heterocycles. The smallest absolute Gasteiger partial charge is 0.304 e. The number of benzene rings is 1. The van der Waals surface area contributed by atoms with Gasteiger partial charge in [-0.1, -0.05) is 6.07 Å². The molecule has 1 fully saturated rings. The molecule has 1 aliphatic carbocycles. The van der Waals surface area contributed by atoms with Crippen LogP contribution in [0.5, 0.6) is 5.75 Å². The summed E-state index contributed by atoms with van der Waals surface area (Å²) in [5, 5.41) is 19.0. The lowest BCUT2D eigenvalue weighted by molar-refractivity contribution is -0.137. The van der Waals surface area contributed by atoms with Crippen LogP contribution < -0.4 is 0 Å². The Bertz CT molecular complexity index is 504. The van der Waals surface area contributed by atoms with Crippen LogP contribution in [0.2, 0.25) is 0 Å². The highest BCUT2D eigenvalue weighted by Crippen LogP contribution is 2.53. The zero-order chi connectivity index (χ0) is 14.2. The van der Waals surface area contributed by atoms with Gasteiger partial charge in [-0.2, -0.15) is 0 Å². The molecule has 0 radical (unpaired) electrons. The molecular weight excluding hydrogens is 242 g/mol. The molecule has 2 N–H and O–H groups in total. The number of carbonyl (C=O) groups is 1. The number of phenols is 1. The van der Waals surface area contributed by atoms with E-state index in [1.165, 1.54) is 0 Å². The molecule has 19 heavy (non-hydrogen) atoms. The van der Waals surface area contributed by atoms with E-state index in [9.17, 15) is 9.90 Å². The van der Waals surface area contributed by atoms with Gasteiger partial charge in [0.2, 0.25) is 0 Å². The van der Waals surface area contributed by atoms with Crippen molar-refractivity contribution >= 4 is 5.97 Å². The lowest BCUT2D eigenvalue weighted by atomic mass is 9.86. The highest BCUT2D eigenvalue weighted by Gasteiger charge is 2.47. The van der Waals surface area contributed by atoms with Crippen molar-refractivity contribution in [3.8, 4) is 5.75 Å². The first-order valence-electron chi connectivity index (χ1n) is 6.54. The second kappa shape index (κ2) is 4.85. The first-order valence-corrected chi connectivity index (χ1v) is 6.54. The van der Waals surface area contributed by atoms with Gasteiger partial charge in [-0.3, -0.25) is 4.79 Å². The highest BCUT2D eigenvalue weighted by molar-refractivity contribution is 5.70. The van der Waals surface area contributed by atoms with Crippen molar-refractivity contribution in [1.29, 1.82) is 0 Å². The standard InChI is InChI=1S/C15H21NO3/c1-10-11(9-16(2)3)13(17)5-4-12(10)15(6-7-15)8-14(18)19/h4-5,17H,6-9H2,1-3H3,(H,18,19). The third kappa shape index (κ3) is 2.73. The molecule has 104 valence electrons. The minimum absolute atomic E-state index is 0.181. The summed E-state index contributed by atoms with van der Waals surface area (Å²) >= 11 is 0. The number of carboxylic acid groups (broad SMARTS) is 1. The van der Waals surface area contributed by atoms with E-state index in [1.807, 2.05) is 32.0 Å². The third-order valence-electron chi connectivity index (χ3n) is 3.96. The monoisotopic (exact) mass is 263 g/mol. The van der Waals surface area contributed by atoms with Crippen LogP contribution in [0.4, 0.5) is 0 Å². The largest absolute Gasteiger partial charge is 0.508 e. The summed E-state index contributed by atoms with van der Waals surface area (Å²) in [7, 11) is 3.91. The Morgan fingerprint density at radius 1 is 1.37 bits per heavy atom. The molecule has 0 aliphatic heterocycles. The number of hydrogen-bond donors (Lipinski definition) is 2. The second-order valence-electron chi connectivity index (χ2n) is 5.82. The second-order valence-corrected chi connectivity index (χ2v) is 5.82. The quantitative estimate of drug-likeness (QED) is 0.855. The molecule has 1 aromatic rings. The van der Waals surface area contributed by atoms with Crippen LogP contribution in [-0.4, -0.2) is 35.2 Å². The Balaban J connectivity index is 2.40. The molecule has 0 unspecified atom stereocenters. The first-order chi connectivity index (χ1) is 8.85. The molecular formula is C15H21NO3. The van der Waals surface area contributed by atoms with Gasteiger partial charge < -0.3 is 15.1 Å². The fourth-order valence-corrected chi connectivity index (χ4v) is 2.81. The van der Waals surface area contributed by atoms with Crippen molar-refractivity contribution in [2.24, 2.45) is 0 Å². The van der Waals surface area contributed by atoms with E-state index in [-0.39, 0.29) is 11.8 Å². The van der Waals surface area contributed by atoms with E-state index in [0.717, 1.165) is 29.5 Å². The number of carboxylic acids is 1. The molecule has 2 rings (SSSR count). The molecule has 4 heteroatoms. The van der Waals surface area contributed by atoms with E-state index in [0.29, 0.717) is 12.3 Å². The van der Waals surface area contributed by atoms with Gasteiger partial charge in [0.25, 0.3) is 0 Å². The van der Waals surface area contributed by atoms with Crippen molar-refractivity contribution < 1.29 is 15.0 Å². The van der Waals surface area contributed by atoms with E-state index in [2.05, 4.69) is 0 Å². The average molecular weight is 263 g/mol. The van der Waals surface area contributed by atoms with Crippen LogP contribution in [0.1, 0.15) is 36.0 Å². The maximum atomic E-state index is 11.0. The van der Waals surface area contributed by atoms with Gasteiger partial charge in [0, 0.05) is 17.5 Å². The number of nitrogens with zero attached hydrogens (tertiary/aromatic N) is 1. The molecule has 0 amide bonds. The van der Waals surface area contributed by atoms with E-state index in [1.54, 1.807) is 6.07 Å². The molecule has 0 atom stereocenters. The number of phenolic OH excluding ortho intramolecular Hbond substituents is 1. The van der Waals surface area contributed by atoms with Crippen molar-refractivity contribution in [2.75, 3.05) is 14.1 Å². The molecule has 0 saturated heterocycles. The van der Waals surface area contributed by atoms with Crippen LogP contribution >= 0.6 is 0 Å². The maximum absolute atomic E-state index is 11.0. The molecule has 1 aliphatic rings. The number of hydrogen-bond acceptors (Lipinski definition) is 3. The van der Waals surface area contributed by atoms with E-state index >= 15 is 0 Å². The minimum Gasteiger partial charge on any atom is -0.508 e. The zero-order valence-electron chi connectivity index (χ0n) is 11.7. The summed E-state index contributed by atoms with van der Waals surface area (Å²) in [6, 6.07) is 3.59. The van der Waals surface area contributed by atoms with Crippen LogP contribution in [0.25, 0.3) is 0 Å². The minimum atomic E-state index is -0.751. The molecule has 0 heterocycles. The van der Waals surface area contributed by atoms with Crippen molar-refractivity contribution in [3.05, 3.63) is 28.8 Å². The van der Waals surface area contributed by atoms with Gasteiger partial charge in [0.1, 0.15) is 5.75 Å². The molecule has 0 spiro atoms. The van der Waals surface area contributed by atoms with Crippen LogP contribution in [-0.2, 0) is 16.8 Å². The summed E-state index contributed by atoms with van der Waals surface area (Å²) in [6.07, 6.45) is 2.03. The fraction of sp³-hybridized carbons (Fsp3) is 0.533. The van der Waals surface area contributed by atoms with Gasteiger partial charge in [-0.05, 0) is 51.1 Å². The Labute approximate surface area is 113 Å². The molecule has 0 bridgehead atoms. The molecule has 4 nitrogen and oxygen atoms in total. The highest BCUT2D eigenvalue weighted by atomic mass is 16.4. The Hall–Kier alpha value is -1.55. The lowest BCUT2D eigenvalue weighted by Gasteiger charge is -2.21. The summed E-state index contributed by atoms with van der Waals surface area (Å²) in [6.45, 7) is 2.64.